The summed E-state index contributed by atoms with van der Waals surface area (Å²) in [7, 11) is 0. The fourth-order valence-corrected chi connectivity index (χ4v) is 3.75. The van der Waals surface area contributed by atoms with Crippen molar-refractivity contribution < 1.29 is 19.1 Å². The minimum Gasteiger partial charge on any atom is -0.479 e. The molecule has 0 saturated carbocycles. The summed E-state index contributed by atoms with van der Waals surface area (Å²) in [6, 6.07) is 20.7. The van der Waals surface area contributed by atoms with Crippen molar-refractivity contribution in [2.75, 3.05) is 0 Å². The number of rotatable bonds is 6. The number of hydrogen-bond acceptors (Lipinski definition) is 6. The molecule has 2 heterocycles. The molecule has 1 N–H and O–H groups in total. The molecule has 0 amide bonds. The van der Waals surface area contributed by atoms with Crippen LogP contribution in [0.1, 0.15) is 12.5 Å². The quantitative estimate of drug-likeness (QED) is 0.330. The lowest BCUT2D eigenvalue weighted by Crippen LogP contribution is -2.23. The predicted molar refractivity (Wildman–Crippen MR) is 133 cm³/mol. The molecular formula is C26H18ClN3O5. The number of benzene rings is 3. The van der Waals surface area contributed by atoms with E-state index in [0.717, 1.165) is 10.1 Å². The zero-order valence-electron chi connectivity index (χ0n) is 18.4. The van der Waals surface area contributed by atoms with Gasteiger partial charge in [-0.3, -0.25) is 4.79 Å². The maximum Gasteiger partial charge on any atom is 0.344 e. The lowest BCUT2D eigenvalue weighted by molar-refractivity contribution is -0.144. The number of aliphatic carboxylic acids is 1. The summed E-state index contributed by atoms with van der Waals surface area (Å²) in [6.45, 7) is 1.43. The van der Waals surface area contributed by atoms with Gasteiger partial charge < -0.3 is 14.3 Å². The molecule has 174 valence electrons. The fraction of sp³-hybridized carbons (Fsp3) is 0.0769. The van der Waals surface area contributed by atoms with Crippen LogP contribution in [0.3, 0.4) is 0 Å². The van der Waals surface area contributed by atoms with Gasteiger partial charge in [-0.25, -0.2) is 9.78 Å². The Labute approximate surface area is 203 Å². The smallest absolute Gasteiger partial charge is 0.344 e. The minimum atomic E-state index is -1.10. The predicted octanol–water partition coefficient (Wildman–Crippen LogP) is 5.20. The number of ether oxygens (including phenoxy) is 1. The number of halogens is 1. The van der Waals surface area contributed by atoms with Gasteiger partial charge in [0.15, 0.2) is 11.9 Å². The van der Waals surface area contributed by atoms with Crippen LogP contribution in [0.25, 0.3) is 33.5 Å². The lowest BCUT2D eigenvalue weighted by atomic mass is 10.2. The summed E-state index contributed by atoms with van der Waals surface area (Å²) in [6.07, 6.45) is 0.359. The van der Waals surface area contributed by atoms with E-state index in [4.69, 9.17) is 20.8 Å². The molecule has 3 aromatic carbocycles. The maximum absolute atomic E-state index is 13.4. The molecule has 9 heteroatoms. The Morgan fingerprint density at radius 2 is 1.91 bits per heavy atom. The fourth-order valence-electron chi connectivity index (χ4n) is 3.57. The van der Waals surface area contributed by atoms with Crippen LogP contribution in [0, 0.1) is 0 Å². The number of fused-ring (bicyclic) bond motifs is 2. The van der Waals surface area contributed by atoms with Crippen molar-refractivity contribution in [3.05, 3.63) is 93.7 Å². The van der Waals surface area contributed by atoms with E-state index in [-0.39, 0.29) is 5.82 Å². The normalized spacial score (nSPS) is 12.4. The van der Waals surface area contributed by atoms with Gasteiger partial charge in [-0.05, 0) is 55.5 Å². The molecule has 0 bridgehead atoms. The first-order valence-electron chi connectivity index (χ1n) is 10.6. The summed E-state index contributed by atoms with van der Waals surface area (Å²) in [5.41, 5.74) is 1.18. The topological polar surface area (TPSA) is 107 Å². The Hall–Kier alpha value is -4.43. The van der Waals surface area contributed by atoms with E-state index in [9.17, 15) is 14.7 Å². The van der Waals surface area contributed by atoms with Crippen molar-refractivity contribution in [1.29, 1.82) is 0 Å². The molecule has 0 aliphatic heterocycles. The van der Waals surface area contributed by atoms with Crippen molar-refractivity contribution in [3.8, 4) is 17.3 Å². The van der Waals surface area contributed by atoms with E-state index >= 15 is 0 Å². The second-order valence-electron chi connectivity index (χ2n) is 7.74. The van der Waals surface area contributed by atoms with Gasteiger partial charge in [0.1, 0.15) is 11.3 Å². The van der Waals surface area contributed by atoms with Crippen molar-refractivity contribution in [1.82, 2.24) is 9.66 Å². The Morgan fingerprint density at radius 1 is 1.14 bits per heavy atom. The van der Waals surface area contributed by atoms with E-state index in [0.29, 0.717) is 38.6 Å². The van der Waals surface area contributed by atoms with Crippen LogP contribution in [0.5, 0.6) is 5.75 Å². The summed E-state index contributed by atoms with van der Waals surface area (Å²) in [4.78, 5) is 29.3. The number of carbonyl (C=O) groups is 1. The van der Waals surface area contributed by atoms with Gasteiger partial charge in [0, 0.05) is 16.0 Å². The molecule has 0 radical (unpaired) electrons. The molecule has 35 heavy (non-hydrogen) atoms. The molecule has 0 aliphatic rings. The van der Waals surface area contributed by atoms with Crippen LogP contribution in [-0.2, 0) is 4.79 Å². The van der Waals surface area contributed by atoms with Gasteiger partial charge >= 0.3 is 5.97 Å². The largest absolute Gasteiger partial charge is 0.479 e. The number of carboxylic acids is 1. The van der Waals surface area contributed by atoms with Crippen LogP contribution in [0.15, 0.2) is 87.1 Å². The highest BCUT2D eigenvalue weighted by atomic mass is 35.5. The van der Waals surface area contributed by atoms with Crippen molar-refractivity contribution in [2.24, 2.45) is 5.10 Å². The number of furan rings is 1. The van der Waals surface area contributed by atoms with E-state index in [1.54, 1.807) is 72.8 Å². The van der Waals surface area contributed by atoms with Crippen molar-refractivity contribution in [2.45, 2.75) is 13.0 Å². The molecule has 0 aliphatic carbocycles. The second-order valence-corrected chi connectivity index (χ2v) is 8.18. The van der Waals surface area contributed by atoms with E-state index in [1.165, 1.54) is 13.1 Å². The summed E-state index contributed by atoms with van der Waals surface area (Å²) in [5.74, 6) is -0.243. The number of hydrogen-bond donors (Lipinski definition) is 1. The number of aromatic nitrogens is 2. The first-order chi connectivity index (χ1) is 16.9. The first-order valence-corrected chi connectivity index (χ1v) is 11.0. The Bertz CT molecular complexity index is 1670. The summed E-state index contributed by atoms with van der Waals surface area (Å²) < 4.78 is 12.7. The lowest BCUT2D eigenvalue weighted by Gasteiger charge is -2.12. The molecule has 8 nitrogen and oxygen atoms in total. The second kappa shape index (κ2) is 9.08. The third-order valence-electron chi connectivity index (χ3n) is 5.34. The van der Waals surface area contributed by atoms with Crippen LogP contribution >= 0.6 is 11.6 Å². The molecule has 0 spiro atoms. The Morgan fingerprint density at radius 3 is 2.74 bits per heavy atom. The third kappa shape index (κ3) is 4.39. The van der Waals surface area contributed by atoms with E-state index < -0.39 is 17.6 Å². The minimum absolute atomic E-state index is 0.203. The Kier molecular flexibility index (Phi) is 5.80. The van der Waals surface area contributed by atoms with Crippen molar-refractivity contribution in [3.63, 3.8) is 0 Å². The Balaban J connectivity index is 1.66. The van der Waals surface area contributed by atoms with Crippen LogP contribution in [-0.4, -0.2) is 33.1 Å². The average Bonchev–Trinajstić information content (AvgIpc) is 3.27. The van der Waals surface area contributed by atoms with Gasteiger partial charge in [-0.2, -0.15) is 9.78 Å². The molecule has 5 aromatic rings. The van der Waals surface area contributed by atoms with Crippen LogP contribution in [0.2, 0.25) is 5.02 Å². The van der Waals surface area contributed by atoms with Crippen molar-refractivity contribution >= 4 is 45.7 Å². The number of nitrogens with zero attached hydrogens (tertiary/aromatic N) is 3. The molecule has 0 fully saturated rings. The van der Waals surface area contributed by atoms with Gasteiger partial charge in [-0.15, -0.1) is 0 Å². The third-order valence-corrected chi connectivity index (χ3v) is 5.57. The standard InChI is InChI=1S/C26H18ClN3O5/c1-15(26(32)33)34-21-9-5-2-6-16(21)14-28-30-24(29-20-8-4-3-7-19(20)25(30)31)23-13-17-12-18(27)10-11-22(17)35-23/h2-15H,1H3,(H,32,33)/t15-/m0/s1. The van der Waals surface area contributed by atoms with Crippen LogP contribution < -0.4 is 10.3 Å². The highest BCUT2D eigenvalue weighted by Gasteiger charge is 2.17. The SMILES string of the molecule is C[C@H](Oc1ccccc1C=Nn1c(-c2cc3cc(Cl)ccc3o2)nc2ccccc2c1=O)C(=O)O. The van der Waals surface area contributed by atoms with E-state index in [1.807, 2.05) is 0 Å². The van der Waals surface area contributed by atoms with Gasteiger partial charge in [0.05, 0.1) is 17.1 Å². The molecule has 0 unspecified atom stereocenters. The highest BCUT2D eigenvalue weighted by molar-refractivity contribution is 6.31. The zero-order valence-corrected chi connectivity index (χ0v) is 19.1. The maximum atomic E-state index is 13.4. The van der Waals surface area contributed by atoms with Gasteiger partial charge in [0.25, 0.3) is 5.56 Å². The first kappa shape index (κ1) is 22.4. The van der Waals surface area contributed by atoms with Crippen LogP contribution in [0.4, 0.5) is 0 Å². The highest BCUT2D eigenvalue weighted by Crippen LogP contribution is 2.29. The summed E-state index contributed by atoms with van der Waals surface area (Å²) >= 11 is 6.11. The van der Waals surface area contributed by atoms with E-state index in [2.05, 4.69) is 10.1 Å². The number of carboxylic acid groups (broad SMARTS) is 1. The molecular weight excluding hydrogens is 470 g/mol. The van der Waals surface area contributed by atoms with Gasteiger partial charge in [0.2, 0.25) is 5.82 Å². The van der Waals surface area contributed by atoms with Gasteiger partial charge in [-0.1, -0.05) is 35.9 Å². The number of para-hydroxylation sites is 2. The monoisotopic (exact) mass is 487 g/mol. The molecule has 1 atom stereocenters. The average molecular weight is 488 g/mol. The molecule has 2 aromatic heterocycles. The zero-order chi connectivity index (χ0) is 24.5. The summed E-state index contributed by atoms with van der Waals surface area (Å²) in [5, 5.41) is 15.3. The molecule has 0 saturated heterocycles. The molecule has 5 rings (SSSR count).